The summed E-state index contributed by atoms with van der Waals surface area (Å²) in [5, 5.41) is 0. The van der Waals surface area contributed by atoms with Crippen molar-refractivity contribution in [1.82, 2.24) is 0 Å². The molecule has 5 heteroatoms. The Balaban J connectivity index is 2.77. The van der Waals surface area contributed by atoms with Crippen molar-refractivity contribution in [2.45, 2.75) is 0 Å². The van der Waals surface area contributed by atoms with Crippen LogP contribution in [0.5, 0.6) is 0 Å². The maximum absolute atomic E-state index is 13.7. The molecular weight excluding hydrogens is 361 g/mol. The van der Waals surface area contributed by atoms with Gasteiger partial charge in [0.25, 0.3) is 0 Å². The molecule has 0 amide bonds. The van der Waals surface area contributed by atoms with Crippen LogP contribution in [0.4, 0.5) is 13.2 Å². The van der Waals surface area contributed by atoms with Crippen molar-refractivity contribution in [3.8, 4) is 11.1 Å². The van der Waals surface area contributed by atoms with Crippen LogP contribution in [0.2, 0.25) is 0 Å². The van der Waals surface area contributed by atoms with E-state index >= 15 is 0 Å². The van der Waals surface area contributed by atoms with Crippen molar-refractivity contribution in [1.29, 1.82) is 0 Å². The summed E-state index contributed by atoms with van der Waals surface area (Å²) >= 11 is 6.18. The van der Waals surface area contributed by atoms with Gasteiger partial charge in [0, 0.05) is 26.1 Å². The molecule has 0 radical (unpaired) electrons. The van der Waals surface area contributed by atoms with Crippen LogP contribution in [-0.2, 0) is 0 Å². The molecule has 0 fully saturated rings. The molecule has 0 bridgehead atoms. The summed E-state index contributed by atoms with van der Waals surface area (Å²) < 4.78 is 40.9. The number of hydrogen-bond acceptors (Lipinski definition) is 0. The van der Waals surface area contributed by atoms with Crippen molar-refractivity contribution in [2.75, 3.05) is 0 Å². The van der Waals surface area contributed by atoms with Crippen molar-refractivity contribution in [3.05, 3.63) is 56.7 Å². The second-order valence-corrected chi connectivity index (χ2v) is 5.05. The van der Waals surface area contributed by atoms with E-state index in [0.717, 1.165) is 12.1 Å². The van der Waals surface area contributed by atoms with E-state index in [1.165, 1.54) is 12.1 Å². The first-order valence-electron chi connectivity index (χ1n) is 4.59. The Kier molecular flexibility index (Phi) is 3.58. The first-order chi connectivity index (χ1) is 8.00. The minimum absolute atomic E-state index is 0.00336. The molecular formula is C12H5Br2F3. The van der Waals surface area contributed by atoms with Crippen molar-refractivity contribution >= 4 is 31.9 Å². The van der Waals surface area contributed by atoms with Crippen molar-refractivity contribution < 1.29 is 13.2 Å². The highest BCUT2D eigenvalue weighted by molar-refractivity contribution is 9.11. The van der Waals surface area contributed by atoms with E-state index in [0.29, 0.717) is 4.47 Å². The molecule has 0 aromatic heterocycles. The highest BCUT2D eigenvalue weighted by Crippen LogP contribution is 2.37. The third kappa shape index (κ3) is 2.40. The Morgan fingerprint density at radius 3 is 2.00 bits per heavy atom. The summed E-state index contributed by atoms with van der Waals surface area (Å²) in [4.78, 5) is 0. The molecule has 0 atom stereocenters. The van der Waals surface area contributed by atoms with E-state index in [4.69, 9.17) is 0 Å². The molecule has 0 spiro atoms. The molecule has 88 valence electrons. The average molecular weight is 366 g/mol. The minimum Gasteiger partial charge on any atom is -0.207 e. The quantitative estimate of drug-likeness (QED) is 0.643. The largest absolute Gasteiger partial charge is 0.207 e. The smallest absolute Gasteiger partial charge is 0.135 e. The van der Waals surface area contributed by atoms with Crippen LogP contribution in [0.15, 0.2) is 39.3 Å². The third-order valence-corrected chi connectivity index (χ3v) is 3.51. The average Bonchev–Trinajstić information content (AvgIpc) is 2.21. The van der Waals surface area contributed by atoms with Gasteiger partial charge in [0.05, 0.1) is 0 Å². The van der Waals surface area contributed by atoms with Gasteiger partial charge in [-0.15, -0.1) is 0 Å². The van der Waals surface area contributed by atoms with E-state index < -0.39 is 17.5 Å². The fourth-order valence-corrected chi connectivity index (χ4v) is 2.66. The van der Waals surface area contributed by atoms with Gasteiger partial charge in [-0.1, -0.05) is 22.0 Å². The Hall–Kier alpha value is -0.810. The Bertz CT molecular complexity index is 539. The lowest BCUT2D eigenvalue weighted by Gasteiger charge is -2.10. The second kappa shape index (κ2) is 4.82. The van der Waals surface area contributed by atoms with Gasteiger partial charge < -0.3 is 0 Å². The Morgan fingerprint density at radius 2 is 1.41 bits per heavy atom. The lowest BCUT2D eigenvalue weighted by atomic mass is 10.0. The van der Waals surface area contributed by atoms with Gasteiger partial charge in [-0.2, -0.15) is 0 Å². The lowest BCUT2D eigenvalue weighted by molar-refractivity contribution is 0.581. The molecule has 0 aliphatic carbocycles. The van der Waals surface area contributed by atoms with Crippen LogP contribution in [0.25, 0.3) is 11.1 Å². The molecule has 0 N–H and O–H groups in total. The topological polar surface area (TPSA) is 0 Å². The van der Waals surface area contributed by atoms with E-state index in [9.17, 15) is 13.2 Å². The molecule has 2 aromatic carbocycles. The van der Waals surface area contributed by atoms with Crippen LogP contribution >= 0.6 is 31.9 Å². The zero-order chi connectivity index (χ0) is 12.6. The Labute approximate surface area is 113 Å². The van der Waals surface area contributed by atoms with Gasteiger partial charge in [-0.3, -0.25) is 0 Å². The van der Waals surface area contributed by atoms with Crippen molar-refractivity contribution in [2.24, 2.45) is 0 Å². The fraction of sp³-hybridized carbons (Fsp3) is 0. The molecule has 0 unspecified atom stereocenters. The third-order valence-electron chi connectivity index (χ3n) is 2.22. The molecule has 0 aliphatic heterocycles. The minimum atomic E-state index is -0.817. The molecule has 0 saturated heterocycles. The summed E-state index contributed by atoms with van der Waals surface area (Å²) in [6.07, 6.45) is 0. The van der Waals surface area contributed by atoms with E-state index in [-0.39, 0.29) is 15.6 Å². The van der Waals surface area contributed by atoms with E-state index in [2.05, 4.69) is 31.9 Å². The Morgan fingerprint density at radius 1 is 0.765 bits per heavy atom. The van der Waals surface area contributed by atoms with Crippen molar-refractivity contribution in [3.63, 3.8) is 0 Å². The van der Waals surface area contributed by atoms with Crippen LogP contribution in [0.1, 0.15) is 0 Å². The molecule has 0 aliphatic rings. The molecule has 2 aromatic rings. The maximum Gasteiger partial charge on any atom is 0.135 e. The van der Waals surface area contributed by atoms with Gasteiger partial charge in [-0.05, 0) is 34.1 Å². The molecule has 0 saturated carbocycles. The van der Waals surface area contributed by atoms with Gasteiger partial charge >= 0.3 is 0 Å². The highest BCUT2D eigenvalue weighted by atomic mass is 79.9. The summed E-state index contributed by atoms with van der Waals surface area (Å²) in [5.41, 5.74) is 0.0632. The fourth-order valence-electron chi connectivity index (χ4n) is 1.52. The first kappa shape index (κ1) is 12.6. The van der Waals surface area contributed by atoms with Gasteiger partial charge in [0.1, 0.15) is 17.5 Å². The molecule has 0 nitrogen and oxygen atoms in total. The highest BCUT2D eigenvalue weighted by Gasteiger charge is 2.17. The first-order valence-corrected chi connectivity index (χ1v) is 6.18. The standard InChI is InChI=1S/C12H5Br2F3/c13-7-2-1-3-9(16)11(7)12-8(14)4-6(15)5-10(12)17/h1-5H. The zero-order valence-electron chi connectivity index (χ0n) is 8.28. The van der Waals surface area contributed by atoms with Crippen LogP contribution in [0, 0.1) is 17.5 Å². The van der Waals surface area contributed by atoms with E-state index in [1.54, 1.807) is 6.07 Å². The van der Waals surface area contributed by atoms with Crippen LogP contribution in [-0.4, -0.2) is 0 Å². The molecule has 0 heterocycles. The molecule has 2 rings (SSSR count). The van der Waals surface area contributed by atoms with Gasteiger partial charge in [0.15, 0.2) is 0 Å². The van der Waals surface area contributed by atoms with Gasteiger partial charge in [0.2, 0.25) is 0 Å². The number of hydrogen-bond donors (Lipinski definition) is 0. The number of halogens is 5. The maximum atomic E-state index is 13.7. The summed E-state index contributed by atoms with van der Waals surface area (Å²) in [5.74, 6) is -2.11. The monoisotopic (exact) mass is 364 g/mol. The predicted molar refractivity (Wildman–Crippen MR) is 67.2 cm³/mol. The number of rotatable bonds is 1. The second-order valence-electron chi connectivity index (χ2n) is 3.34. The van der Waals surface area contributed by atoms with Gasteiger partial charge in [-0.25, -0.2) is 13.2 Å². The van der Waals surface area contributed by atoms with Crippen LogP contribution < -0.4 is 0 Å². The predicted octanol–water partition coefficient (Wildman–Crippen LogP) is 5.30. The zero-order valence-corrected chi connectivity index (χ0v) is 11.4. The number of benzene rings is 2. The SMILES string of the molecule is Fc1cc(F)c(-c2c(F)cccc2Br)c(Br)c1. The summed E-state index contributed by atoms with van der Waals surface area (Å²) in [6, 6.07) is 6.12. The van der Waals surface area contributed by atoms with E-state index in [1.807, 2.05) is 0 Å². The normalized spacial score (nSPS) is 10.6. The lowest BCUT2D eigenvalue weighted by Crippen LogP contribution is -1.93. The molecule has 17 heavy (non-hydrogen) atoms. The summed E-state index contributed by atoms with van der Waals surface area (Å²) in [7, 11) is 0. The van der Waals surface area contributed by atoms with Crippen LogP contribution in [0.3, 0.4) is 0 Å². The summed E-state index contributed by atoms with van der Waals surface area (Å²) in [6.45, 7) is 0.